The van der Waals surface area contributed by atoms with E-state index >= 15 is 0 Å². The Balaban J connectivity index is 1.26. The van der Waals surface area contributed by atoms with Gasteiger partial charge in [0.1, 0.15) is 5.60 Å². The van der Waals surface area contributed by atoms with Gasteiger partial charge in [0.15, 0.2) is 0 Å². The van der Waals surface area contributed by atoms with Crippen LogP contribution in [-0.2, 0) is 21.3 Å². The van der Waals surface area contributed by atoms with Crippen molar-refractivity contribution >= 4 is 5.91 Å². The molecular formula is C18H27N3O4. The van der Waals surface area contributed by atoms with E-state index in [9.17, 15) is 4.79 Å². The van der Waals surface area contributed by atoms with Gasteiger partial charge in [0.25, 0.3) is 5.91 Å². The first-order valence-electron chi connectivity index (χ1n) is 9.25. The van der Waals surface area contributed by atoms with E-state index in [0.29, 0.717) is 31.2 Å². The van der Waals surface area contributed by atoms with E-state index in [1.54, 1.807) is 17.1 Å². The molecule has 138 valence electrons. The van der Waals surface area contributed by atoms with Crippen molar-refractivity contribution in [2.75, 3.05) is 39.5 Å². The quantitative estimate of drug-likeness (QED) is 0.818. The van der Waals surface area contributed by atoms with Gasteiger partial charge in [-0.25, -0.2) is 0 Å². The highest BCUT2D eigenvalue weighted by Gasteiger charge is 2.49. The SMILES string of the molecule is Cn1cc(C(=O)N2CC3(C[C@H](OCC4CCOCC4)CCO3)C2)cn1. The molecule has 0 saturated carbocycles. The molecule has 3 saturated heterocycles. The fourth-order valence-corrected chi connectivity index (χ4v) is 4.04. The molecule has 0 N–H and O–H groups in total. The normalized spacial score (nSPS) is 26.6. The van der Waals surface area contributed by atoms with Crippen molar-refractivity contribution in [3.63, 3.8) is 0 Å². The second-order valence-electron chi connectivity index (χ2n) is 7.60. The van der Waals surface area contributed by atoms with Crippen LogP contribution in [0.1, 0.15) is 36.0 Å². The summed E-state index contributed by atoms with van der Waals surface area (Å²) < 4.78 is 19.3. The number of amides is 1. The van der Waals surface area contributed by atoms with Crippen LogP contribution in [0.15, 0.2) is 12.4 Å². The van der Waals surface area contributed by atoms with Gasteiger partial charge < -0.3 is 19.1 Å². The number of hydrogen-bond acceptors (Lipinski definition) is 5. The minimum atomic E-state index is -0.212. The Kier molecular flexibility index (Phi) is 4.80. The second-order valence-corrected chi connectivity index (χ2v) is 7.60. The first-order chi connectivity index (χ1) is 12.1. The average molecular weight is 349 g/mol. The molecule has 1 amide bonds. The summed E-state index contributed by atoms with van der Waals surface area (Å²) in [5.74, 6) is 0.658. The zero-order chi connectivity index (χ0) is 17.3. The number of carbonyl (C=O) groups excluding carboxylic acids is 1. The molecule has 0 radical (unpaired) electrons. The summed E-state index contributed by atoms with van der Waals surface area (Å²) in [6.45, 7) is 4.56. The fourth-order valence-electron chi connectivity index (χ4n) is 4.04. The number of likely N-dealkylation sites (tertiary alicyclic amines) is 1. The lowest BCUT2D eigenvalue weighted by Crippen LogP contribution is -2.67. The van der Waals surface area contributed by atoms with Crippen LogP contribution in [0.25, 0.3) is 0 Å². The van der Waals surface area contributed by atoms with Gasteiger partial charge in [-0.1, -0.05) is 0 Å². The summed E-state index contributed by atoms with van der Waals surface area (Å²) in [6.07, 6.45) is 7.65. The molecule has 1 atom stereocenters. The number of hydrogen-bond donors (Lipinski definition) is 0. The van der Waals surface area contributed by atoms with Gasteiger partial charge in [0.05, 0.1) is 31.0 Å². The Morgan fingerprint density at radius 2 is 2.12 bits per heavy atom. The van der Waals surface area contributed by atoms with Gasteiger partial charge in [-0.3, -0.25) is 9.48 Å². The van der Waals surface area contributed by atoms with E-state index in [-0.39, 0.29) is 17.6 Å². The lowest BCUT2D eigenvalue weighted by Gasteiger charge is -2.53. The van der Waals surface area contributed by atoms with Crippen molar-refractivity contribution in [3.8, 4) is 0 Å². The van der Waals surface area contributed by atoms with Gasteiger partial charge >= 0.3 is 0 Å². The van der Waals surface area contributed by atoms with E-state index in [2.05, 4.69) is 5.10 Å². The predicted octanol–water partition coefficient (Wildman–Crippen LogP) is 1.24. The molecule has 4 heterocycles. The second kappa shape index (κ2) is 7.05. The summed E-state index contributed by atoms with van der Waals surface area (Å²) in [4.78, 5) is 14.3. The monoisotopic (exact) mass is 349 g/mol. The Labute approximate surface area is 148 Å². The van der Waals surface area contributed by atoms with Crippen LogP contribution in [0.3, 0.4) is 0 Å². The summed E-state index contributed by atoms with van der Waals surface area (Å²) in [6, 6.07) is 0. The van der Waals surface area contributed by atoms with E-state index < -0.39 is 0 Å². The maximum Gasteiger partial charge on any atom is 0.257 e. The summed E-state index contributed by atoms with van der Waals surface area (Å²) in [5, 5.41) is 4.07. The van der Waals surface area contributed by atoms with Gasteiger partial charge in [0.2, 0.25) is 0 Å². The topological polar surface area (TPSA) is 65.8 Å². The molecule has 0 aliphatic carbocycles. The molecule has 1 spiro atoms. The molecule has 7 heteroatoms. The van der Waals surface area contributed by atoms with Gasteiger partial charge in [0, 0.05) is 46.1 Å². The lowest BCUT2D eigenvalue weighted by atomic mass is 9.84. The largest absolute Gasteiger partial charge is 0.381 e. The molecule has 7 nitrogen and oxygen atoms in total. The van der Waals surface area contributed by atoms with E-state index in [1.165, 1.54) is 0 Å². The molecule has 3 aliphatic heterocycles. The van der Waals surface area contributed by atoms with E-state index in [0.717, 1.165) is 45.5 Å². The van der Waals surface area contributed by atoms with Crippen molar-refractivity contribution in [2.45, 2.75) is 37.4 Å². The third kappa shape index (κ3) is 3.73. The fraction of sp³-hybridized carbons (Fsp3) is 0.778. The molecule has 3 aliphatic rings. The summed E-state index contributed by atoms with van der Waals surface area (Å²) >= 11 is 0. The molecule has 1 aromatic heterocycles. The minimum Gasteiger partial charge on any atom is -0.381 e. The predicted molar refractivity (Wildman–Crippen MR) is 90.3 cm³/mol. The molecule has 0 aromatic carbocycles. The Morgan fingerprint density at radius 1 is 1.32 bits per heavy atom. The first-order valence-corrected chi connectivity index (χ1v) is 9.25. The van der Waals surface area contributed by atoms with E-state index in [1.807, 2.05) is 11.9 Å². The van der Waals surface area contributed by atoms with Crippen molar-refractivity contribution in [3.05, 3.63) is 18.0 Å². The summed E-state index contributed by atoms with van der Waals surface area (Å²) in [5.41, 5.74) is 0.427. The molecular weight excluding hydrogens is 322 g/mol. The molecule has 4 rings (SSSR count). The highest BCUT2D eigenvalue weighted by molar-refractivity contribution is 5.94. The highest BCUT2D eigenvalue weighted by atomic mass is 16.5. The smallest absolute Gasteiger partial charge is 0.257 e. The van der Waals surface area contributed by atoms with Crippen molar-refractivity contribution in [1.82, 2.24) is 14.7 Å². The third-order valence-corrected chi connectivity index (χ3v) is 5.55. The highest BCUT2D eigenvalue weighted by Crippen LogP contribution is 2.36. The standard InChI is InChI=1S/C18H27N3O4/c1-20-10-15(9-19-20)17(22)21-12-18(13-21)8-16(4-7-25-18)24-11-14-2-5-23-6-3-14/h9-10,14,16H,2-8,11-13H2,1H3/t16-/m1/s1. The van der Waals surface area contributed by atoms with Gasteiger partial charge in [-0.2, -0.15) is 5.10 Å². The maximum atomic E-state index is 12.5. The minimum absolute atomic E-state index is 0.0348. The molecule has 1 aromatic rings. The molecule has 0 bridgehead atoms. The third-order valence-electron chi connectivity index (χ3n) is 5.55. The van der Waals surface area contributed by atoms with Crippen molar-refractivity contribution in [2.24, 2.45) is 13.0 Å². The van der Waals surface area contributed by atoms with Crippen LogP contribution in [-0.4, -0.2) is 71.8 Å². The maximum absolute atomic E-state index is 12.5. The van der Waals surface area contributed by atoms with Crippen LogP contribution >= 0.6 is 0 Å². The van der Waals surface area contributed by atoms with Gasteiger partial charge in [-0.15, -0.1) is 0 Å². The Morgan fingerprint density at radius 3 is 2.84 bits per heavy atom. The average Bonchev–Trinajstić information content (AvgIpc) is 3.05. The van der Waals surface area contributed by atoms with Crippen LogP contribution < -0.4 is 0 Å². The van der Waals surface area contributed by atoms with Crippen LogP contribution in [0.2, 0.25) is 0 Å². The Hall–Kier alpha value is -1.44. The number of aromatic nitrogens is 2. The first kappa shape index (κ1) is 17.0. The number of ether oxygens (including phenoxy) is 3. The zero-order valence-electron chi connectivity index (χ0n) is 14.9. The van der Waals surface area contributed by atoms with Crippen molar-refractivity contribution < 1.29 is 19.0 Å². The van der Waals surface area contributed by atoms with E-state index in [4.69, 9.17) is 14.2 Å². The van der Waals surface area contributed by atoms with Gasteiger partial charge in [-0.05, 0) is 25.2 Å². The number of nitrogens with zero attached hydrogens (tertiary/aromatic N) is 3. The summed E-state index contributed by atoms with van der Waals surface area (Å²) in [7, 11) is 1.82. The zero-order valence-corrected chi connectivity index (χ0v) is 14.9. The number of carbonyl (C=O) groups is 1. The van der Waals surface area contributed by atoms with Crippen LogP contribution in [0.5, 0.6) is 0 Å². The molecule has 0 unspecified atom stereocenters. The van der Waals surface area contributed by atoms with Crippen LogP contribution in [0.4, 0.5) is 0 Å². The van der Waals surface area contributed by atoms with Crippen LogP contribution in [0, 0.1) is 5.92 Å². The number of rotatable bonds is 4. The molecule has 25 heavy (non-hydrogen) atoms. The Bertz CT molecular complexity index is 605. The number of aryl methyl sites for hydroxylation is 1. The van der Waals surface area contributed by atoms with Crippen molar-refractivity contribution in [1.29, 1.82) is 0 Å². The molecule has 3 fully saturated rings. The lowest BCUT2D eigenvalue weighted by molar-refractivity contribution is -0.188.